The summed E-state index contributed by atoms with van der Waals surface area (Å²) in [5.41, 5.74) is 4.67. The molecule has 0 N–H and O–H groups in total. The number of aromatic nitrogens is 2. The number of hydrogen-bond donors (Lipinski definition) is 0. The molecule has 2 aliphatic rings. The molecule has 2 heterocycles. The van der Waals surface area contributed by atoms with Gasteiger partial charge in [-0.2, -0.15) is 0 Å². The van der Waals surface area contributed by atoms with Crippen LogP contribution in [0.5, 0.6) is 5.75 Å². The van der Waals surface area contributed by atoms with Crippen molar-refractivity contribution in [2.24, 2.45) is 4.99 Å². The summed E-state index contributed by atoms with van der Waals surface area (Å²) in [6, 6.07) is 4.14. The fourth-order valence-corrected chi connectivity index (χ4v) is 3.68. The fourth-order valence-electron chi connectivity index (χ4n) is 3.68. The van der Waals surface area contributed by atoms with Gasteiger partial charge < -0.3 is 9.47 Å². The van der Waals surface area contributed by atoms with E-state index in [0.717, 1.165) is 36.5 Å². The maximum Gasteiger partial charge on any atom is 0.180 e. The zero-order valence-corrected chi connectivity index (χ0v) is 13.4. The molecular weight excluding hydrogens is 290 g/mol. The van der Waals surface area contributed by atoms with Gasteiger partial charge in [0.2, 0.25) is 0 Å². The standard InChI is InChI=1S/C18H19N3O2/c1-12-21-18(10-23-12)6-5-15-14(13-8-19-11-20-9-13)3-4-17(22-2)16(15)7-18/h3-4,8-9,11H,5-7,10H2,1-2H3/t18-/m1/s1. The van der Waals surface area contributed by atoms with E-state index in [9.17, 15) is 0 Å². The van der Waals surface area contributed by atoms with Crippen LogP contribution in [0.15, 0.2) is 35.8 Å². The van der Waals surface area contributed by atoms with Gasteiger partial charge in [-0.25, -0.2) is 15.0 Å². The number of ether oxygens (including phenoxy) is 2. The molecule has 0 radical (unpaired) electrons. The maximum absolute atomic E-state index is 5.64. The summed E-state index contributed by atoms with van der Waals surface area (Å²) in [7, 11) is 1.72. The van der Waals surface area contributed by atoms with Crippen LogP contribution in [-0.2, 0) is 17.6 Å². The molecule has 0 fully saturated rings. The molecule has 0 saturated carbocycles. The second-order valence-electron chi connectivity index (χ2n) is 6.22. The van der Waals surface area contributed by atoms with Crippen molar-refractivity contribution in [1.29, 1.82) is 0 Å². The predicted octanol–water partition coefficient (Wildman–Crippen LogP) is 2.83. The van der Waals surface area contributed by atoms with E-state index in [1.165, 1.54) is 16.7 Å². The summed E-state index contributed by atoms with van der Waals surface area (Å²) in [6.07, 6.45) is 8.08. The Labute approximate surface area is 135 Å². The molecule has 0 amide bonds. The summed E-state index contributed by atoms with van der Waals surface area (Å²) in [4.78, 5) is 13.1. The Morgan fingerprint density at radius 3 is 2.70 bits per heavy atom. The second-order valence-corrected chi connectivity index (χ2v) is 6.22. The van der Waals surface area contributed by atoms with Gasteiger partial charge in [0, 0.05) is 36.9 Å². The van der Waals surface area contributed by atoms with Crippen molar-refractivity contribution in [2.75, 3.05) is 13.7 Å². The first-order valence-corrected chi connectivity index (χ1v) is 7.84. The molecule has 23 heavy (non-hydrogen) atoms. The molecule has 5 nitrogen and oxygen atoms in total. The number of fused-ring (bicyclic) bond motifs is 1. The highest BCUT2D eigenvalue weighted by molar-refractivity contribution is 5.76. The Morgan fingerprint density at radius 1 is 1.17 bits per heavy atom. The number of rotatable bonds is 2. The van der Waals surface area contributed by atoms with Gasteiger partial charge in [0.05, 0.1) is 7.11 Å². The van der Waals surface area contributed by atoms with Crippen LogP contribution in [0.4, 0.5) is 0 Å². The Balaban J connectivity index is 1.82. The summed E-state index contributed by atoms with van der Waals surface area (Å²) in [5.74, 6) is 1.72. The van der Waals surface area contributed by atoms with Crippen LogP contribution >= 0.6 is 0 Å². The van der Waals surface area contributed by atoms with Gasteiger partial charge in [0.15, 0.2) is 5.90 Å². The van der Waals surface area contributed by atoms with Crippen LogP contribution in [0.2, 0.25) is 0 Å². The van der Waals surface area contributed by atoms with Crippen LogP contribution in [0.1, 0.15) is 24.5 Å². The van der Waals surface area contributed by atoms with Crippen molar-refractivity contribution in [3.8, 4) is 16.9 Å². The lowest BCUT2D eigenvalue weighted by atomic mass is 9.76. The van der Waals surface area contributed by atoms with Crippen molar-refractivity contribution in [2.45, 2.75) is 31.7 Å². The molecule has 0 bridgehead atoms. The van der Waals surface area contributed by atoms with E-state index in [1.54, 1.807) is 13.4 Å². The molecule has 1 aliphatic carbocycles. The molecule has 0 saturated heterocycles. The van der Waals surface area contributed by atoms with Crippen LogP contribution < -0.4 is 4.74 Å². The van der Waals surface area contributed by atoms with Crippen molar-refractivity contribution >= 4 is 5.90 Å². The van der Waals surface area contributed by atoms with E-state index >= 15 is 0 Å². The molecule has 1 atom stereocenters. The highest BCUT2D eigenvalue weighted by Gasteiger charge is 2.40. The average Bonchev–Trinajstić information content (AvgIpc) is 2.94. The Kier molecular flexibility index (Phi) is 3.29. The minimum absolute atomic E-state index is 0.129. The SMILES string of the molecule is COc1ccc(-c2cncnc2)c2c1C[C@]1(CC2)COC(C)=N1. The Hall–Kier alpha value is -2.43. The van der Waals surface area contributed by atoms with Crippen molar-refractivity contribution in [1.82, 2.24) is 9.97 Å². The van der Waals surface area contributed by atoms with Crippen LogP contribution in [0.3, 0.4) is 0 Å². The van der Waals surface area contributed by atoms with Crippen LogP contribution in [-0.4, -0.2) is 35.1 Å². The number of nitrogens with zero attached hydrogens (tertiary/aromatic N) is 3. The Morgan fingerprint density at radius 2 is 2.00 bits per heavy atom. The molecule has 2 aromatic rings. The molecule has 1 spiro atoms. The van der Waals surface area contributed by atoms with E-state index in [2.05, 4.69) is 16.0 Å². The molecule has 0 unspecified atom stereocenters. The van der Waals surface area contributed by atoms with E-state index in [-0.39, 0.29) is 5.54 Å². The average molecular weight is 309 g/mol. The lowest BCUT2D eigenvalue weighted by molar-refractivity contribution is 0.234. The molecule has 118 valence electrons. The lowest BCUT2D eigenvalue weighted by Gasteiger charge is -2.32. The van der Waals surface area contributed by atoms with Gasteiger partial charge in [0.1, 0.15) is 24.2 Å². The van der Waals surface area contributed by atoms with E-state index in [1.807, 2.05) is 25.4 Å². The molecular formula is C18H19N3O2. The van der Waals surface area contributed by atoms with E-state index in [4.69, 9.17) is 14.5 Å². The lowest BCUT2D eigenvalue weighted by Crippen LogP contribution is -2.36. The van der Waals surface area contributed by atoms with Crippen molar-refractivity contribution in [3.63, 3.8) is 0 Å². The largest absolute Gasteiger partial charge is 0.496 e. The van der Waals surface area contributed by atoms with E-state index < -0.39 is 0 Å². The first-order valence-electron chi connectivity index (χ1n) is 7.84. The predicted molar refractivity (Wildman–Crippen MR) is 87.8 cm³/mol. The van der Waals surface area contributed by atoms with Crippen molar-refractivity contribution < 1.29 is 9.47 Å². The van der Waals surface area contributed by atoms with Gasteiger partial charge >= 0.3 is 0 Å². The summed E-state index contributed by atoms with van der Waals surface area (Å²) in [5, 5.41) is 0. The summed E-state index contributed by atoms with van der Waals surface area (Å²) < 4.78 is 11.3. The minimum atomic E-state index is -0.129. The zero-order valence-electron chi connectivity index (χ0n) is 13.4. The molecule has 5 heteroatoms. The highest BCUT2D eigenvalue weighted by atomic mass is 16.5. The van der Waals surface area contributed by atoms with Gasteiger partial charge in [0.25, 0.3) is 0 Å². The number of hydrogen-bond acceptors (Lipinski definition) is 5. The monoisotopic (exact) mass is 309 g/mol. The number of aliphatic imine (C=N–C) groups is 1. The van der Waals surface area contributed by atoms with Gasteiger partial charge in [-0.15, -0.1) is 0 Å². The highest BCUT2D eigenvalue weighted by Crippen LogP contribution is 2.42. The van der Waals surface area contributed by atoms with Crippen molar-refractivity contribution in [3.05, 3.63) is 42.0 Å². The van der Waals surface area contributed by atoms with Gasteiger partial charge in [-0.3, -0.25) is 0 Å². The first-order chi connectivity index (χ1) is 11.2. The third-order valence-corrected chi connectivity index (χ3v) is 4.77. The second kappa shape index (κ2) is 5.33. The van der Waals surface area contributed by atoms with Crippen LogP contribution in [0, 0.1) is 0 Å². The zero-order chi connectivity index (χ0) is 15.9. The molecule has 4 rings (SSSR count). The minimum Gasteiger partial charge on any atom is -0.496 e. The molecule has 1 aliphatic heterocycles. The summed E-state index contributed by atoms with van der Waals surface area (Å²) >= 11 is 0. The Bertz CT molecular complexity index is 773. The van der Waals surface area contributed by atoms with E-state index in [0.29, 0.717) is 6.61 Å². The third kappa shape index (κ3) is 2.36. The number of benzene rings is 1. The normalized spacial score (nSPS) is 22.4. The third-order valence-electron chi connectivity index (χ3n) is 4.77. The van der Waals surface area contributed by atoms with Gasteiger partial charge in [-0.05, 0) is 30.0 Å². The van der Waals surface area contributed by atoms with Gasteiger partial charge in [-0.1, -0.05) is 6.07 Å². The molecule has 1 aromatic heterocycles. The van der Waals surface area contributed by atoms with Crippen LogP contribution in [0.25, 0.3) is 11.1 Å². The summed E-state index contributed by atoms with van der Waals surface area (Å²) in [6.45, 7) is 2.60. The smallest absolute Gasteiger partial charge is 0.180 e. The first kappa shape index (κ1) is 14.2. The number of methoxy groups -OCH3 is 1. The topological polar surface area (TPSA) is 56.6 Å². The molecule has 1 aromatic carbocycles. The maximum atomic E-state index is 5.64. The fraction of sp³-hybridized carbons (Fsp3) is 0.389. The quantitative estimate of drug-likeness (QED) is 0.856.